The van der Waals surface area contributed by atoms with E-state index in [1.165, 1.54) is 0 Å². The van der Waals surface area contributed by atoms with E-state index in [1.807, 2.05) is 0 Å². The summed E-state index contributed by atoms with van der Waals surface area (Å²) in [7, 11) is 4.21. The van der Waals surface area contributed by atoms with Crippen LogP contribution in [0.2, 0.25) is 0 Å². The highest BCUT2D eigenvalue weighted by atomic mass is 15.2. The summed E-state index contributed by atoms with van der Waals surface area (Å²) in [6, 6.07) is 3.64. The first-order valence-corrected chi connectivity index (χ1v) is 5.69. The minimum absolute atomic E-state index is 0.336. The maximum Gasteiger partial charge on any atom is 0.0638 e. The molecular weight excluding hydrogens is 186 g/mol. The van der Waals surface area contributed by atoms with Crippen molar-refractivity contribution >= 4 is 0 Å². The van der Waals surface area contributed by atoms with Gasteiger partial charge in [0.2, 0.25) is 0 Å². The maximum absolute atomic E-state index is 8.82. The number of hydrogen-bond donors (Lipinski definition) is 0. The first-order chi connectivity index (χ1) is 6.90. The molecule has 0 N–H and O–H groups in total. The lowest BCUT2D eigenvalue weighted by atomic mass is 10.1. The number of hydrogen-bond acceptors (Lipinski definition) is 3. The normalized spacial score (nSPS) is 13.9. The number of rotatable bonds is 6. The quantitative estimate of drug-likeness (QED) is 0.672. The van der Waals surface area contributed by atoms with E-state index >= 15 is 0 Å². The molecule has 3 nitrogen and oxygen atoms in total. The number of nitriles is 1. The Labute approximate surface area is 94.7 Å². The van der Waals surface area contributed by atoms with Crippen molar-refractivity contribution in [3.8, 4) is 6.07 Å². The molecule has 0 aromatic rings. The van der Waals surface area contributed by atoms with Gasteiger partial charge in [-0.05, 0) is 41.8 Å². The van der Waals surface area contributed by atoms with Crippen LogP contribution in [0.1, 0.15) is 34.1 Å². The van der Waals surface area contributed by atoms with Crippen LogP contribution in [0.25, 0.3) is 0 Å². The van der Waals surface area contributed by atoms with E-state index in [2.05, 4.69) is 57.7 Å². The largest absolute Gasteiger partial charge is 0.302 e. The van der Waals surface area contributed by atoms with Crippen molar-refractivity contribution < 1.29 is 0 Å². The van der Waals surface area contributed by atoms with Crippen molar-refractivity contribution in [1.29, 1.82) is 5.26 Å². The molecule has 0 spiro atoms. The van der Waals surface area contributed by atoms with Crippen molar-refractivity contribution in [3.05, 3.63) is 0 Å². The van der Waals surface area contributed by atoms with Gasteiger partial charge < -0.3 is 4.90 Å². The molecule has 0 heterocycles. The molecule has 1 atom stereocenters. The molecule has 0 rings (SSSR count). The molecule has 15 heavy (non-hydrogen) atoms. The molecule has 1 unspecified atom stereocenters. The summed E-state index contributed by atoms with van der Waals surface area (Å²) in [6.45, 7) is 9.65. The molecule has 0 aliphatic carbocycles. The standard InChI is InChI=1S/C12H25N3/c1-10(2)14(5)9-12(7-8-13)15(6)11(3)4/h10-12H,7,9H2,1-6H3. The molecule has 88 valence electrons. The Morgan fingerprint density at radius 2 is 1.60 bits per heavy atom. The zero-order chi connectivity index (χ0) is 12.0. The molecule has 0 saturated carbocycles. The van der Waals surface area contributed by atoms with Crippen LogP contribution >= 0.6 is 0 Å². The van der Waals surface area contributed by atoms with Gasteiger partial charge in [-0.3, -0.25) is 4.90 Å². The summed E-state index contributed by atoms with van der Waals surface area (Å²) < 4.78 is 0. The van der Waals surface area contributed by atoms with E-state index < -0.39 is 0 Å². The maximum atomic E-state index is 8.82. The van der Waals surface area contributed by atoms with E-state index in [1.54, 1.807) is 0 Å². The predicted molar refractivity (Wildman–Crippen MR) is 64.7 cm³/mol. The van der Waals surface area contributed by atoms with Gasteiger partial charge in [0, 0.05) is 24.7 Å². The Morgan fingerprint density at radius 3 is 1.93 bits per heavy atom. The molecule has 3 heteroatoms. The highest BCUT2D eigenvalue weighted by Gasteiger charge is 2.19. The van der Waals surface area contributed by atoms with Crippen molar-refractivity contribution in [1.82, 2.24) is 9.80 Å². The second-order valence-electron chi connectivity index (χ2n) is 4.81. The molecule has 0 aromatic carbocycles. The summed E-state index contributed by atoms with van der Waals surface area (Å²) in [5, 5.41) is 8.82. The van der Waals surface area contributed by atoms with Crippen LogP contribution in [0.4, 0.5) is 0 Å². The molecule has 0 radical (unpaired) electrons. The first kappa shape index (κ1) is 14.4. The monoisotopic (exact) mass is 211 g/mol. The van der Waals surface area contributed by atoms with Crippen molar-refractivity contribution in [2.24, 2.45) is 0 Å². The average molecular weight is 211 g/mol. The van der Waals surface area contributed by atoms with Gasteiger partial charge in [0.05, 0.1) is 12.5 Å². The SMILES string of the molecule is CC(C)N(C)CC(CC#N)N(C)C(C)C. The zero-order valence-corrected chi connectivity index (χ0v) is 11.0. The number of likely N-dealkylation sites (N-methyl/N-ethyl adjacent to an activating group) is 2. The van der Waals surface area contributed by atoms with E-state index in [9.17, 15) is 0 Å². The van der Waals surface area contributed by atoms with E-state index in [-0.39, 0.29) is 0 Å². The third-order valence-electron chi connectivity index (χ3n) is 3.10. The van der Waals surface area contributed by atoms with Gasteiger partial charge in [-0.15, -0.1) is 0 Å². The molecule has 0 fully saturated rings. The van der Waals surface area contributed by atoms with Gasteiger partial charge in [0.1, 0.15) is 0 Å². The Balaban J connectivity index is 4.34. The van der Waals surface area contributed by atoms with Crippen LogP contribution in [-0.4, -0.2) is 48.6 Å². The van der Waals surface area contributed by atoms with E-state index in [4.69, 9.17) is 5.26 Å². The highest BCUT2D eigenvalue weighted by Crippen LogP contribution is 2.09. The molecule has 0 saturated heterocycles. The van der Waals surface area contributed by atoms with Crippen LogP contribution in [0.3, 0.4) is 0 Å². The fraction of sp³-hybridized carbons (Fsp3) is 0.917. The van der Waals surface area contributed by atoms with Gasteiger partial charge in [0.25, 0.3) is 0 Å². The molecule has 0 amide bonds. The molecule has 0 aromatic heterocycles. The predicted octanol–water partition coefficient (Wildman–Crippen LogP) is 1.95. The summed E-state index contributed by atoms with van der Waals surface area (Å²) >= 11 is 0. The van der Waals surface area contributed by atoms with Gasteiger partial charge in [-0.25, -0.2) is 0 Å². The Morgan fingerprint density at radius 1 is 1.07 bits per heavy atom. The molecule has 0 bridgehead atoms. The lowest BCUT2D eigenvalue weighted by Gasteiger charge is -2.34. The van der Waals surface area contributed by atoms with E-state index in [0.717, 1.165) is 6.54 Å². The van der Waals surface area contributed by atoms with Crippen molar-refractivity contribution in [2.45, 2.75) is 52.2 Å². The Bertz CT molecular complexity index is 205. The smallest absolute Gasteiger partial charge is 0.0638 e. The van der Waals surface area contributed by atoms with E-state index in [0.29, 0.717) is 24.5 Å². The fourth-order valence-electron chi connectivity index (χ4n) is 1.41. The molecular formula is C12H25N3. The van der Waals surface area contributed by atoms with Crippen LogP contribution in [0, 0.1) is 11.3 Å². The number of nitrogens with zero attached hydrogens (tertiary/aromatic N) is 3. The van der Waals surface area contributed by atoms with Crippen molar-refractivity contribution in [2.75, 3.05) is 20.6 Å². The van der Waals surface area contributed by atoms with Crippen LogP contribution in [-0.2, 0) is 0 Å². The fourth-order valence-corrected chi connectivity index (χ4v) is 1.41. The van der Waals surface area contributed by atoms with Gasteiger partial charge >= 0.3 is 0 Å². The second kappa shape index (κ2) is 6.81. The lowest BCUT2D eigenvalue weighted by molar-refractivity contribution is 0.137. The molecule has 0 aliphatic rings. The third kappa shape index (κ3) is 5.15. The van der Waals surface area contributed by atoms with Crippen LogP contribution in [0.5, 0.6) is 0 Å². The second-order valence-corrected chi connectivity index (χ2v) is 4.81. The van der Waals surface area contributed by atoms with Gasteiger partial charge in [-0.1, -0.05) is 0 Å². The Hall–Kier alpha value is -0.590. The first-order valence-electron chi connectivity index (χ1n) is 5.69. The average Bonchev–Trinajstić information content (AvgIpc) is 2.15. The summed E-state index contributed by atoms with van der Waals surface area (Å²) in [4.78, 5) is 4.57. The highest BCUT2D eigenvalue weighted by molar-refractivity contribution is 4.85. The zero-order valence-electron chi connectivity index (χ0n) is 11.0. The summed E-state index contributed by atoms with van der Waals surface area (Å²) in [6.07, 6.45) is 0.603. The van der Waals surface area contributed by atoms with Crippen LogP contribution in [0.15, 0.2) is 0 Å². The summed E-state index contributed by atoms with van der Waals surface area (Å²) in [5.74, 6) is 0. The lowest BCUT2D eigenvalue weighted by Crippen LogP contribution is -2.45. The topological polar surface area (TPSA) is 30.3 Å². The third-order valence-corrected chi connectivity index (χ3v) is 3.10. The van der Waals surface area contributed by atoms with Gasteiger partial charge in [0.15, 0.2) is 0 Å². The molecule has 0 aliphatic heterocycles. The summed E-state index contributed by atoms with van der Waals surface area (Å²) in [5.41, 5.74) is 0. The minimum atomic E-state index is 0.336. The Kier molecular flexibility index (Phi) is 6.55. The van der Waals surface area contributed by atoms with Crippen LogP contribution < -0.4 is 0 Å². The minimum Gasteiger partial charge on any atom is -0.302 e. The van der Waals surface area contributed by atoms with Crippen molar-refractivity contribution in [3.63, 3.8) is 0 Å². The van der Waals surface area contributed by atoms with Gasteiger partial charge in [-0.2, -0.15) is 5.26 Å².